The smallest absolute Gasteiger partial charge is 0.333 e. The Morgan fingerprint density at radius 3 is 2.78 bits per heavy atom. The highest BCUT2D eigenvalue weighted by Gasteiger charge is 2.01. The molecule has 0 aromatic heterocycles. The molecule has 0 unspecified atom stereocenters. The van der Waals surface area contributed by atoms with Crippen LogP contribution in [0.15, 0.2) is 35.9 Å². The van der Waals surface area contributed by atoms with E-state index in [0.29, 0.717) is 18.8 Å². The third-order valence-corrected chi connectivity index (χ3v) is 2.42. The summed E-state index contributed by atoms with van der Waals surface area (Å²) in [7, 11) is 2.99. The van der Waals surface area contributed by atoms with E-state index in [4.69, 9.17) is 9.47 Å². The van der Waals surface area contributed by atoms with Crippen molar-refractivity contribution in [2.24, 2.45) is 0 Å². The molecule has 0 saturated carbocycles. The van der Waals surface area contributed by atoms with E-state index in [-0.39, 0.29) is 5.97 Å². The van der Waals surface area contributed by atoms with E-state index in [1.165, 1.54) is 7.11 Å². The van der Waals surface area contributed by atoms with Crippen molar-refractivity contribution in [1.82, 2.24) is 0 Å². The van der Waals surface area contributed by atoms with Gasteiger partial charge in [0.15, 0.2) is 0 Å². The van der Waals surface area contributed by atoms with Crippen LogP contribution in [0, 0.1) is 0 Å². The highest BCUT2D eigenvalue weighted by Crippen LogP contribution is 2.13. The normalized spacial score (nSPS) is 11.2. The van der Waals surface area contributed by atoms with Crippen LogP contribution >= 0.6 is 0 Å². The molecule has 1 rings (SSSR count). The minimum atomic E-state index is -0.333. The summed E-state index contributed by atoms with van der Waals surface area (Å²) in [4.78, 5) is 11.1. The summed E-state index contributed by atoms with van der Waals surface area (Å²) < 4.78 is 15.1. The first-order valence-corrected chi connectivity index (χ1v) is 5.63. The van der Waals surface area contributed by atoms with Crippen molar-refractivity contribution in [3.63, 3.8) is 0 Å². The Morgan fingerprint density at radius 1 is 1.33 bits per heavy atom. The van der Waals surface area contributed by atoms with Crippen molar-refractivity contribution in [2.75, 3.05) is 20.8 Å². The van der Waals surface area contributed by atoms with Gasteiger partial charge in [-0.15, -0.1) is 0 Å². The van der Waals surface area contributed by atoms with E-state index >= 15 is 0 Å². The lowest BCUT2D eigenvalue weighted by molar-refractivity contribution is -0.136. The third kappa shape index (κ3) is 4.59. The van der Waals surface area contributed by atoms with Crippen LogP contribution in [0.4, 0.5) is 0 Å². The number of esters is 1. The first-order valence-electron chi connectivity index (χ1n) is 5.63. The van der Waals surface area contributed by atoms with Crippen LogP contribution in [-0.2, 0) is 20.9 Å². The molecule has 0 bridgehead atoms. The number of hydrogen-bond donors (Lipinski definition) is 0. The SMILES string of the molecule is COC(=O)C(C)=CCOCc1cccc(OC)c1. The molecule has 0 radical (unpaired) electrons. The molecule has 0 fully saturated rings. The summed E-state index contributed by atoms with van der Waals surface area (Å²) in [6.07, 6.45) is 1.70. The topological polar surface area (TPSA) is 44.8 Å². The van der Waals surface area contributed by atoms with Gasteiger partial charge in [-0.25, -0.2) is 4.79 Å². The van der Waals surface area contributed by atoms with Gasteiger partial charge in [0.2, 0.25) is 0 Å². The Hall–Kier alpha value is -1.81. The van der Waals surface area contributed by atoms with Gasteiger partial charge in [-0.2, -0.15) is 0 Å². The maximum Gasteiger partial charge on any atom is 0.333 e. The van der Waals surface area contributed by atoms with Gasteiger partial charge in [0.25, 0.3) is 0 Å². The van der Waals surface area contributed by atoms with Crippen molar-refractivity contribution in [3.05, 3.63) is 41.5 Å². The summed E-state index contributed by atoms with van der Waals surface area (Å²) in [5.41, 5.74) is 1.57. The highest BCUT2D eigenvalue weighted by molar-refractivity contribution is 5.87. The number of methoxy groups -OCH3 is 2. The third-order valence-electron chi connectivity index (χ3n) is 2.42. The molecule has 4 nitrogen and oxygen atoms in total. The van der Waals surface area contributed by atoms with Crippen molar-refractivity contribution >= 4 is 5.97 Å². The Labute approximate surface area is 107 Å². The van der Waals surface area contributed by atoms with Crippen molar-refractivity contribution in [1.29, 1.82) is 0 Å². The largest absolute Gasteiger partial charge is 0.497 e. The number of hydrogen-bond acceptors (Lipinski definition) is 4. The van der Waals surface area contributed by atoms with Crippen LogP contribution in [0.1, 0.15) is 12.5 Å². The predicted molar refractivity (Wildman–Crippen MR) is 68.4 cm³/mol. The highest BCUT2D eigenvalue weighted by atomic mass is 16.5. The molecule has 98 valence electrons. The molecule has 0 spiro atoms. The Bertz CT molecular complexity index is 424. The molecule has 1 aromatic carbocycles. The predicted octanol–water partition coefficient (Wildman–Crippen LogP) is 2.33. The number of benzene rings is 1. The summed E-state index contributed by atoms with van der Waals surface area (Å²) >= 11 is 0. The number of ether oxygens (including phenoxy) is 3. The summed E-state index contributed by atoms with van der Waals surface area (Å²) in [5.74, 6) is 0.470. The molecule has 4 heteroatoms. The molecule has 0 amide bonds. The van der Waals surface area contributed by atoms with Gasteiger partial charge in [0.05, 0.1) is 27.4 Å². The number of carbonyl (C=O) groups is 1. The summed E-state index contributed by atoms with van der Waals surface area (Å²) in [6.45, 7) is 2.54. The second-order valence-electron chi connectivity index (χ2n) is 3.75. The van der Waals surface area contributed by atoms with Crippen molar-refractivity contribution in [3.8, 4) is 5.75 Å². The van der Waals surface area contributed by atoms with Gasteiger partial charge < -0.3 is 14.2 Å². The van der Waals surface area contributed by atoms with Crippen LogP contribution in [-0.4, -0.2) is 26.8 Å². The van der Waals surface area contributed by atoms with E-state index in [1.807, 2.05) is 24.3 Å². The Balaban J connectivity index is 2.39. The molecule has 0 aliphatic carbocycles. The molecule has 0 N–H and O–H groups in total. The monoisotopic (exact) mass is 250 g/mol. The Kier molecular flexibility index (Phi) is 5.94. The fraction of sp³-hybridized carbons (Fsp3) is 0.357. The van der Waals surface area contributed by atoms with Crippen LogP contribution in [0.3, 0.4) is 0 Å². The molecule has 0 heterocycles. The molecule has 0 atom stereocenters. The van der Waals surface area contributed by atoms with Crippen LogP contribution in [0.5, 0.6) is 5.75 Å². The van der Waals surface area contributed by atoms with E-state index in [0.717, 1.165) is 11.3 Å². The average Bonchev–Trinajstić information content (AvgIpc) is 2.42. The number of carbonyl (C=O) groups excluding carboxylic acids is 1. The van der Waals surface area contributed by atoms with Crippen LogP contribution in [0.2, 0.25) is 0 Å². The number of rotatable bonds is 6. The van der Waals surface area contributed by atoms with E-state index < -0.39 is 0 Å². The molecular weight excluding hydrogens is 232 g/mol. The lowest BCUT2D eigenvalue weighted by Crippen LogP contribution is -2.03. The maximum atomic E-state index is 11.1. The first kappa shape index (κ1) is 14.3. The zero-order valence-corrected chi connectivity index (χ0v) is 10.9. The quantitative estimate of drug-likeness (QED) is 0.441. The van der Waals surface area contributed by atoms with Crippen molar-refractivity contribution < 1.29 is 19.0 Å². The molecule has 18 heavy (non-hydrogen) atoms. The molecule has 1 aromatic rings. The fourth-order valence-electron chi connectivity index (χ4n) is 1.37. The van der Waals surface area contributed by atoms with Gasteiger partial charge in [-0.1, -0.05) is 12.1 Å². The Morgan fingerprint density at radius 2 is 2.11 bits per heavy atom. The van der Waals surface area contributed by atoms with Gasteiger partial charge in [-0.05, 0) is 30.7 Å². The van der Waals surface area contributed by atoms with E-state index in [9.17, 15) is 4.79 Å². The molecule has 0 aliphatic heterocycles. The van der Waals surface area contributed by atoms with Crippen LogP contribution < -0.4 is 4.74 Å². The summed E-state index contributed by atoms with van der Waals surface area (Å²) in [5, 5.41) is 0. The zero-order chi connectivity index (χ0) is 13.4. The fourth-order valence-corrected chi connectivity index (χ4v) is 1.37. The minimum absolute atomic E-state index is 0.333. The van der Waals surface area contributed by atoms with Gasteiger partial charge in [-0.3, -0.25) is 0 Å². The lowest BCUT2D eigenvalue weighted by atomic mass is 10.2. The zero-order valence-electron chi connectivity index (χ0n) is 10.9. The molecule has 0 saturated heterocycles. The minimum Gasteiger partial charge on any atom is -0.497 e. The standard InChI is InChI=1S/C14H18O4/c1-11(14(15)17-3)7-8-18-10-12-5-4-6-13(9-12)16-2/h4-7,9H,8,10H2,1-3H3. The average molecular weight is 250 g/mol. The van der Waals surface area contributed by atoms with Gasteiger partial charge >= 0.3 is 5.97 Å². The second kappa shape index (κ2) is 7.50. The van der Waals surface area contributed by atoms with Gasteiger partial charge in [0, 0.05) is 5.57 Å². The van der Waals surface area contributed by atoms with Crippen molar-refractivity contribution in [2.45, 2.75) is 13.5 Å². The van der Waals surface area contributed by atoms with E-state index in [1.54, 1.807) is 20.1 Å². The second-order valence-corrected chi connectivity index (χ2v) is 3.75. The van der Waals surface area contributed by atoms with Gasteiger partial charge in [0.1, 0.15) is 5.75 Å². The molecule has 0 aliphatic rings. The maximum absolute atomic E-state index is 11.1. The van der Waals surface area contributed by atoms with Crippen LogP contribution in [0.25, 0.3) is 0 Å². The first-order chi connectivity index (χ1) is 8.67. The molecular formula is C14H18O4. The summed E-state index contributed by atoms with van der Waals surface area (Å²) in [6, 6.07) is 7.66. The van der Waals surface area contributed by atoms with E-state index in [2.05, 4.69) is 4.74 Å². The lowest BCUT2D eigenvalue weighted by Gasteiger charge is -2.05.